The van der Waals surface area contributed by atoms with E-state index >= 15 is 0 Å². The molecule has 5 heteroatoms. The molecule has 2 amide bonds. The molecular formula is C11H22N2O3. The van der Waals surface area contributed by atoms with E-state index in [4.69, 9.17) is 5.11 Å². The van der Waals surface area contributed by atoms with Crippen LogP contribution in [-0.2, 0) is 4.79 Å². The molecule has 5 nitrogen and oxygen atoms in total. The molecule has 0 aliphatic heterocycles. The van der Waals surface area contributed by atoms with Gasteiger partial charge in [-0.3, -0.25) is 0 Å². The first-order valence-electron chi connectivity index (χ1n) is 5.64. The lowest BCUT2D eigenvalue weighted by molar-refractivity contribution is -0.140. The molecule has 0 rings (SSSR count). The van der Waals surface area contributed by atoms with Gasteiger partial charge in [0.25, 0.3) is 0 Å². The molecule has 0 heterocycles. The molecule has 0 aromatic rings. The van der Waals surface area contributed by atoms with Crippen LogP contribution in [0.25, 0.3) is 0 Å². The average Bonchev–Trinajstić information content (AvgIpc) is 2.20. The predicted molar refractivity (Wildman–Crippen MR) is 62.3 cm³/mol. The Hall–Kier alpha value is -1.26. The van der Waals surface area contributed by atoms with Crippen molar-refractivity contribution < 1.29 is 14.7 Å². The van der Waals surface area contributed by atoms with Crippen molar-refractivity contribution in [2.75, 3.05) is 13.6 Å². The second kappa shape index (κ2) is 7.09. The third-order valence-corrected chi connectivity index (χ3v) is 2.41. The minimum Gasteiger partial charge on any atom is -0.480 e. The van der Waals surface area contributed by atoms with Crippen molar-refractivity contribution in [3.63, 3.8) is 0 Å². The number of carboxylic acids is 1. The van der Waals surface area contributed by atoms with Crippen LogP contribution >= 0.6 is 0 Å². The zero-order chi connectivity index (χ0) is 12.7. The minimum atomic E-state index is -0.993. The number of carboxylic acid groups (broad SMARTS) is 1. The van der Waals surface area contributed by atoms with Crippen LogP contribution in [0.4, 0.5) is 4.79 Å². The molecule has 1 atom stereocenters. The summed E-state index contributed by atoms with van der Waals surface area (Å²) in [6.45, 7) is 6.23. The molecule has 0 saturated heterocycles. The summed E-state index contributed by atoms with van der Waals surface area (Å²) in [7, 11) is 1.67. The molecule has 0 aliphatic carbocycles. The molecule has 0 aromatic heterocycles. The maximum absolute atomic E-state index is 11.6. The number of carbonyl (C=O) groups is 2. The third kappa shape index (κ3) is 5.00. The van der Waals surface area contributed by atoms with Crippen LogP contribution in [-0.4, -0.2) is 41.6 Å². The van der Waals surface area contributed by atoms with E-state index in [1.165, 1.54) is 4.90 Å². The van der Waals surface area contributed by atoms with Crippen molar-refractivity contribution in [2.45, 2.75) is 39.7 Å². The van der Waals surface area contributed by atoms with Gasteiger partial charge in [-0.15, -0.1) is 0 Å². The molecule has 0 fully saturated rings. The molecule has 0 aromatic carbocycles. The predicted octanol–water partition coefficient (Wildman–Crippen LogP) is 1.54. The Morgan fingerprint density at radius 2 is 1.94 bits per heavy atom. The Labute approximate surface area is 96.8 Å². The molecule has 0 saturated carbocycles. The molecular weight excluding hydrogens is 208 g/mol. The summed E-state index contributed by atoms with van der Waals surface area (Å²) in [5, 5.41) is 11.4. The Balaban J connectivity index is 4.24. The standard InChI is InChI=1S/C11H22N2O3/c1-5-6-7-13(4)11(16)12-9(8(2)3)10(14)15/h8-9H,5-7H2,1-4H3,(H,12,16)(H,14,15)/t9-/m1/s1. The van der Waals surface area contributed by atoms with Gasteiger partial charge in [-0.25, -0.2) is 9.59 Å². The van der Waals surface area contributed by atoms with Crippen molar-refractivity contribution in [1.29, 1.82) is 0 Å². The zero-order valence-corrected chi connectivity index (χ0v) is 10.5. The normalized spacial score (nSPS) is 12.3. The van der Waals surface area contributed by atoms with Gasteiger partial charge < -0.3 is 15.3 Å². The van der Waals surface area contributed by atoms with Gasteiger partial charge in [-0.2, -0.15) is 0 Å². The molecule has 0 bridgehead atoms. The average molecular weight is 230 g/mol. The topological polar surface area (TPSA) is 69.6 Å². The lowest BCUT2D eigenvalue weighted by Crippen LogP contribution is -2.49. The number of unbranched alkanes of at least 4 members (excludes halogenated alkanes) is 1. The van der Waals surface area contributed by atoms with Crippen molar-refractivity contribution in [2.24, 2.45) is 5.92 Å². The van der Waals surface area contributed by atoms with Gasteiger partial charge in [0.05, 0.1) is 0 Å². The Morgan fingerprint density at radius 3 is 2.31 bits per heavy atom. The highest BCUT2D eigenvalue weighted by Crippen LogP contribution is 2.03. The van der Waals surface area contributed by atoms with Gasteiger partial charge in [-0.05, 0) is 12.3 Å². The van der Waals surface area contributed by atoms with E-state index in [2.05, 4.69) is 5.32 Å². The van der Waals surface area contributed by atoms with Gasteiger partial charge in [-0.1, -0.05) is 27.2 Å². The van der Waals surface area contributed by atoms with Crippen molar-refractivity contribution in [3.05, 3.63) is 0 Å². The number of aliphatic carboxylic acids is 1. The van der Waals surface area contributed by atoms with E-state index in [-0.39, 0.29) is 11.9 Å². The summed E-state index contributed by atoms with van der Waals surface area (Å²) in [5.74, 6) is -1.12. The summed E-state index contributed by atoms with van der Waals surface area (Å²) >= 11 is 0. The fraction of sp³-hybridized carbons (Fsp3) is 0.818. The van der Waals surface area contributed by atoms with Gasteiger partial charge in [0.15, 0.2) is 0 Å². The van der Waals surface area contributed by atoms with Crippen LogP contribution in [0.5, 0.6) is 0 Å². The Bertz CT molecular complexity index is 241. The van der Waals surface area contributed by atoms with Crippen LogP contribution < -0.4 is 5.32 Å². The van der Waals surface area contributed by atoms with Crippen LogP contribution in [0.2, 0.25) is 0 Å². The number of hydrogen-bond donors (Lipinski definition) is 2. The highest BCUT2D eigenvalue weighted by atomic mass is 16.4. The van der Waals surface area contributed by atoms with Crippen molar-refractivity contribution >= 4 is 12.0 Å². The largest absolute Gasteiger partial charge is 0.480 e. The van der Waals surface area contributed by atoms with Gasteiger partial charge >= 0.3 is 12.0 Å². The molecule has 94 valence electrons. The van der Waals surface area contributed by atoms with E-state index in [1.807, 2.05) is 6.92 Å². The van der Waals surface area contributed by atoms with E-state index in [1.54, 1.807) is 20.9 Å². The van der Waals surface area contributed by atoms with E-state index in [9.17, 15) is 9.59 Å². The van der Waals surface area contributed by atoms with Crippen molar-refractivity contribution in [1.82, 2.24) is 10.2 Å². The lowest BCUT2D eigenvalue weighted by Gasteiger charge is -2.23. The third-order valence-electron chi connectivity index (χ3n) is 2.41. The van der Waals surface area contributed by atoms with Crippen LogP contribution in [0.1, 0.15) is 33.6 Å². The molecule has 0 radical (unpaired) electrons. The number of carbonyl (C=O) groups excluding carboxylic acids is 1. The number of hydrogen-bond acceptors (Lipinski definition) is 2. The number of urea groups is 1. The number of nitrogens with one attached hydrogen (secondary N) is 1. The maximum Gasteiger partial charge on any atom is 0.326 e. The fourth-order valence-electron chi connectivity index (χ4n) is 1.25. The first-order chi connectivity index (χ1) is 7.40. The van der Waals surface area contributed by atoms with Gasteiger partial charge in [0, 0.05) is 13.6 Å². The molecule has 2 N–H and O–H groups in total. The van der Waals surface area contributed by atoms with E-state index < -0.39 is 12.0 Å². The summed E-state index contributed by atoms with van der Waals surface area (Å²) in [5.41, 5.74) is 0. The maximum atomic E-state index is 11.6. The number of rotatable bonds is 6. The summed E-state index contributed by atoms with van der Waals surface area (Å²) in [6.07, 6.45) is 1.92. The van der Waals surface area contributed by atoms with E-state index in [0.717, 1.165) is 12.8 Å². The van der Waals surface area contributed by atoms with Crippen LogP contribution in [0.15, 0.2) is 0 Å². The Kier molecular flexibility index (Phi) is 6.53. The van der Waals surface area contributed by atoms with E-state index in [0.29, 0.717) is 6.54 Å². The van der Waals surface area contributed by atoms with Crippen LogP contribution in [0.3, 0.4) is 0 Å². The quantitative estimate of drug-likeness (QED) is 0.727. The highest BCUT2D eigenvalue weighted by molar-refractivity contribution is 5.82. The smallest absolute Gasteiger partial charge is 0.326 e. The molecule has 0 unspecified atom stereocenters. The van der Waals surface area contributed by atoms with Crippen molar-refractivity contribution in [3.8, 4) is 0 Å². The second-order valence-electron chi connectivity index (χ2n) is 4.28. The minimum absolute atomic E-state index is 0.124. The summed E-state index contributed by atoms with van der Waals surface area (Å²) in [6, 6.07) is -1.15. The molecule has 0 aliphatic rings. The van der Waals surface area contributed by atoms with Gasteiger partial charge in [0.2, 0.25) is 0 Å². The fourth-order valence-corrected chi connectivity index (χ4v) is 1.25. The monoisotopic (exact) mass is 230 g/mol. The SMILES string of the molecule is CCCCN(C)C(=O)N[C@@H](C(=O)O)C(C)C. The van der Waals surface area contributed by atoms with Gasteiger partial charge in [0.1, 0.15) is 6.04 Å². The van der Waals surface area contributed by atoms with Crippen LogP contribution in [0, 0.1) is 5.92 Å². The first kappa shape index (κ1) is 14.7. The summed E-state index contributed by atoms with van der Waals surface area (Å²) in [4.78, 5) is 24.0. The number of nitrogens with zero attached hydrogens (tertiary/aromatic N) is 1. The summed E-state index contributed by atoms with van der Waals surface area (Å²) < 4.78 is 0. The lowest BCUT2D eigenvalue weighted by atomic mass is 10.1. The molecule has 0 spiro atoms. The highest BCUT2D eigenvalue weighted by Gasteiger charge is 2.24. The Morgan fingerprint density at radius 1 is 1.38 bits per heavy atom. The second-order valence-corrected chi connectivity index (χ2v) is 4.28. The molecule has 16 heavy (non-hydrogen) atoms. The first-order valence-corrected chi connectivity index (χ1v) is 5.64. The number of amides is 2. The zero-order valence-electron chi connectivity index (χ0n) is 10.5.